The summed E-state index contributed by atoms with van der Waals surface area (Å²) in [5.41, 5.74) is 9.31. The first-order valence-electron chi connectivity index (χ1n) is 6.58. The highest BCUT2D eigenvalue weighted by atomic mass is 16.3. The van der Waals surface area contributed by atoms with E-state index in [1.807, 2.05) is 36.4 Å². The van der Waals surface area contributed by atoms with Crippen LogP contribution in [0.2, 0.25) is 0 Å². The van der Waals surface area contributed by atoms with E-state index in [1.54, 1.807) is 0 Å². The zero-order valence-corrected chi connectivity index (χ0v) is 11.4. The summed E-state index contributed by atoms with van der Waals surface area (Å²) < 4.78 is 5.72. The van der Waals surface area contributed by atoms with Crippen molar-refractivity contribution in [3.8, 4) is 0 Å². The number of rotatable bonds is 4. The molecule has 102 valence electrons. The molecular weight excluding hydrogens is 250 g/mol. The summed E-state index contributed by atoms with van der Waals surface area (Å²) in [7, 11) is 2.05. The van der Waals surface area contributed by atoms with Gasteiger partial charge in [-0.2, -0.15) is 0 Å². The minimum Gasteiger partial charge on any atom is -0.439 e. The molecule has 2 N–H and O–H groups in total. The van der Waals surface area contributed by atoms with Crippen molar-refractivity contribution >= 4 is 16.8 Å². The highest BCUT2D eigenvalue weighted by Crippen LogP contribution is 2.19. The SMILES string of the molecule is CN(Cc1ccccc1)Cc1nc2cc(N)ccc2o1. The Labute approximate surface area is 117 Å². The second-order valence-corrected chi connectivity index (χ2v) is 4.99. The molecule has 0 fully saturated rings. The van der Waals surface area contributed by atoms with Crippen LogP contribution in [0.25, 0.3) is 11.1 Å². The molecule has 3 rings (SSSR count). The molecule has 0 aliphatic rings. The third kappa shape index (κ3) is 2.81. The van der Waals surface area contributed by atoms with Crippen molar-refractivity contribution in [2.75, 3.05) is 12.8 Å². The Balaban J connectivity index is 1.72. The maximum Gasteiger partial charge on any atom is 0.209 e. The molecule has 4 nitrogen and oxygen atoms in total. The van der Waals surface area contributed by atoms with Crippen LogP contribution in [0.1, 0.15) is 11.5 Å². The van der Waals surface area contributed by atoms with E-state index in [2.05, 4.69) is 29.1 Å². The lowest BCUT2D eigenvalue weighted by molar-refractivity contribution is 0.285. The fourth-order valence-electron chi connectivity index (χ4n) is 2.24. The van der Waals surface area contributed by atoms with E-state index in [1.165, 1.54) is 5.56 Å². The first kappa shape index (κ1) is 12.7. The summed E-state index contributed by atoms with van der Waals surface area (Å²) in [5.74, 6) is 0.712. The summed E-state index contributed by atoms with van der Waals surface area (Å²) in [5, 5.41) is 0. The monoisotopic (exact) mass is 267 g/mol. The number of hydrogen-bond acceptors (Lipinski definition) is 4. The lowest BCUT2D eigenvalue weighted by Crippen LogP contribution is -2.17. The third-order valence-corrected chi connectivity index (χ3v) is 3.16. The molecule has 0 atom stereocenters. The largest absolute Gasteiger partial charge is 0.439 e. The van der Waals surface area contributed by atoms with E-state index >= 15 is 0 Å². The first-order chi connectivity index (χ1) is 9.70. The molecule has 1 heterocycles. The fourth-order valence-corrected chi connectivity index (χ4v) is 2.24. The smallest absolute Gasteiger partial charge is 0.209 e. The number of anilines is 1. The maximum atomic E-state index is 5.74. The number of aromatic nitrogens is 1. The van der Waals surface area contributed by atoms with Crippen LogP contribution in [0.3, 0.4) is 0 Å². The minimum absolute atomic E-state index is 0.670. The van der Waals surface area contributed by atoms with Gasteiger partial charge < -0.3 is 10.2 Å². The third-order valence-electron chi connectivity index (χ3n) is 3.16. The molecule has 0 amide bonds. The highest BCUT2D eigenvalue weighted by molar-refractivity contribution is 5.76. The van der Waals surface area contributed by atoms with Crippen molar-refractivity contribution in [1.82, 2.24) is 9.88 Å². The predicted molar refractivity (Wildman–Crippen MR) is 80.0 cm³/mol. The van der Waals surface area contributed by atoms with Crippen molar-refractivity contribution in [3.05, 3.63) is 60.0 Å². The van der Waals surface area contributed by atoms with E-state index in [9.17, 15) is 0 Å². The Morgan fingerprint density at radius 1 is 1.10 bits per heavy atom. The first-order valence-corrected chi connectivity index (χ1v) is 6.58. The molecule has 1 aromatic heterocycles. The lowest BCUT2D eigenvalue weighted by Gasteiger charge is -2.14. The van der Waals surface area contributed by atoms with Gasteiger partial charge in [0.2, 0.25) is 5.89 Å². The Hall–Kier alpha value is -2.33. The molecule has 0 unspecified atom stereocenters. The van der Waals surface area contributed by atoms with E-state index in [4.69, 9.17) is 10.2 Å². The van der Waals surface area contributed by atoms with Crippen LogP contribution >= 0.6 is 0 Å². The number of nitrogens with two attached hydrogens (primary N) is 1. The Morgan fingerprint density at radius 2 is 1.90 bits per heavy atom. The number of oxazole rings is 1. The van der Waals surface area contributed by atoms with Gasteiger partial charge >= 0.3 is 0 Å². The minimum atomic E-state index is 0.670. The number of benzene rings is 2. The van der Waals surface area contributed by atoms with Crippen molar-refractivity contribution in [1.29, 1.82) is 0 Å². The van der Waals surface area contributed by atoms with Crippen molar-refractivity contribution in [2.24, 2.45) is 0 Å². The Kier molecular flexibility index (Phi) is 3.39. The molecule has 4 heteroatoms. The molecule has 3 aromatic rings. The molecule has 0 saturated heterocycles. The maximum absolute atomic E-state index is 5.74. The number of nitrogens with zero attached hydrogens (tertiary/aromatic N) is 2. The summed E-state index contributed by atoms with van der Waals surface area (Å²) in [4.78, 5) is 6.64. The molecule has 20 heavy (non-hydrogen) atoms. The molecule has 0 saturated carbocycles. The van der Waals surface area contributed by atoms with Crippen LogP contribution in [0, 0.1) is 0 Å². The molecule has 0 radical (unpaired) electrons. The average Bonchev–Trinajstić information content (AvgIpc) is 2.80. The van der Waals surface area contributed by atoms with Crippen molar-refractivity contribution in [2.45, 2.75) is 13.1 Å². The van der Waals surface area contributed by atoms with Gasteiger partial charge in [0.05, 0.1) is 6.54 Å². The van der Waals surface area contributed by atoms with E-state index in [-0.39, 0.29) is 0 Å². The quantitative estimate of drug-likeness (QED) is 0.738. The molecule has 2 aromatic carbocycles. The normalized spacial score (nSPS) is 11.3. The van der Waals surface area contributed by atoms with Crippen LogP contribution in [-0.4, -0.2) is 16.9 Å². The van der Waals surface area contributed by atoms with Crippen molar-refractivity contribution < 1.29 is 4.42 Å². The molecule has 0 spiro atoms. The van der Waals surface area contributed by atoms with Crippen LogP contribution in [0.5, 0.6) is 0 Å². The van der Waals surface area contributed by atoms with Crippen molar-refractivity contribution in [3.63, 3.8) is 0 Å². The molecular formula is C16H17N3O. The van der Waals surface area contributed by atoms with E-state index in [0.29, 0.717) is 18.1 Å². The van der Waals surface area contributed by atoms with Gasteiger partial charge in [-0.15, -0.1) is 0 Å². The van der Waals surface area contributed by atoms with Crippen LogP contribution in [0.4, 0.5) is 5.69 Å². The zero-order chi connectivity index (χ0) is 13.9. The van der Waals surface area contributed by atoms with E-state index < -0.39 is 0 Å². The fraction of sp³-hybridized carbons (Fsp3) is 0.188. The van der Waals surface area contributed by atoms with Gasteiger partial charge in [0.1, 0.15) is 5.52 Å². The topological polar surface area (TPSA) is 55.3 Å². The second kappa shape index (κ2) is 5.35. The highest BCUT2D eigenvalue weighted by Gasteiger charge is 2.09. The van der Waals surface area contributed by atoms with Gasteiger partial charge in [0, 0.05) is 12.2 Å². The van der Waals surface area contributed by atoms with Gasteiger partial charge in [-0.05, 0) is 30.8 Å². The predicted octanol–water partition coefficient (Wildman–Crippen LogP) is 3.04. The number of fused-ring (bicyclic) bond motifs is 1. The Bertz CT molecular complexity index is 706. The van der Waals surface area contributed by atoms with Gasteiger partial charge in [-0.1, -0.05) is 30.3 Å². The van der Waals surface area contributed by atoms with Gasteiger partial charge in [-0.25, -0.2) is 4.98 Å². The average molecular weight is 267 g/mol. The van der Waals surface area contributed by atoms with Gasteiger partial charge in [-0.3, -0.25) is 4.90 Å². The van der Waals surface area contributed by atoms with Crippen LogP contribution in [-0.2, 0) is 13.1 Å². The van der Waals surface area contributed by atoms with E-state index in [0.717, 1.165) is 17.6 Å². The lowest BCUT2D eigenvalue weighted by atomic mass is 10.2. The summed E-state index contributed by atoms with van der Waals surface area (Å²) in [6.07, 6.45) is 0. The molecule has 0 aliphatic heterocycles. The molecule has 0 bridgehead atoms. The Morgan fingerprint density at radius 3 is 2.70 bits per heavy atom. The second-order valence-electron chi connectivity index (χ2n) is 4.99. The summed E-state index contributed by atoms with van der Waals surface area (Å²) in [6.45, 7) is 1.53. The summed E-state index contributed by atoms with van der Waals surface area (Å²) >= 11 is 0. The number of hydrogen-bond donors (Lipinski definition) is 1. The molecule has 0 aliphatic carbocycles. The van der Waals surface area contributed by atoms with Gasteiger partial charge in [0.15, 0.2) is 5.58 Å². The van der Waals surface area contributed by atoms with Gasteiger partial charge in [0.25, 0.3) is 0 Å². The summed E-state index contributed by atoms with van der Waals surface area (Å²) in [6, 6.07) is 15.9. The van der Waals surface area contributed by atoms with Crippen LogP contribution < -0.4 is 5.73 Å². The number of nitrogen functional groups attached to an aromatic ring is 1. The zero-order valence-electron chi connectivity index (χ0n) is 11.4. The van der Waals surface area contributed by atoms with Crippen LogP contribution in [0.15, 0.2) is 52.9 Å². The standard InChI is InChI=1S/C16H17N3O/c1-19(10-12-5-3-2-4-6-12)11-16-18-14-9-13(17)7-8-15(14)20-16/h2-9H,10-11,17H2,1H3.